The second kappa shape index (κ2) is 8.41. The lowest BCUT2D eigenvalue weighted by molar-refractivity contribution is -0.137. The van der Waals surface area contributed by atoms with Crippen molar-refractivity contribution in [3.05, 3.63) is 29.8 Å². The van der Waals surface area contributed by atoms with Crippen LogP contribution in [0.2, 0.25) is 0 Å². The van der Waals surface area contributed by atoms with Gasteiger partial charge in [-0.15, -0.1) is 0 Å². The van der Waals surface area contributed by atoms with Gasteiger partial charge in [-0.3, -0.25) is 4.79 Å². The maximum atomic E-state index is 12.0. The Balaban J connectivity index is 1.83. The van der Waals surface area contributed by atoms with E-state index in [-0.39, 0.29) is 18.5 Å². The molecule has 1 saturated heterocycles. The first kappa shape index (κ1) is 17.1. The van der Waals surface area contributed by atoms with E-state index in [1.165, 1.54) is 0 Å². The zero-order valence-electron chi connectivity index (χ0n) is 13.5. The smallest absolute Gasteiger partial charge is 0.318 e. The summed E-state index contributed by atoms with van der Waals surface area (Å²) in [6.45, 7) is 1.31. The van der Waals surface area contributed by atoms with Crippen LogP contribution in [0.25, 0.3) is 0 Å². The Hall–Kier alpha value is -2.24. The number of aliphatic carboxylic acids is 1. The number of rotatable bonds is 9. The maximum Gasteiger partial charge on any atom is 0.318 e. The zero-order chi connectivity index (χ0) is 16.7. The van der Waals surface area contributed by atoms with Gasteiger partial charge in [-0.05, 0) is 30.5 Å². The first-order valence-corrected chi connectivity index (χ1v) is 8.02. The average molecular weight is 320 g/mol. The highest BCUT2D eigenvalue weighted by molar-refractivity contribution is 5.77. The quantitative estimate of drug-likeness (QED) is 0.686. The van der Waals surface area contributed by atoms with Crippen molar-refractivity contribution >= 4 is 12.0 Å². The van der Waals surface area contributed by atoms with Gasteiger partial charge in [0.2, 0.25) is 0 Å². The second-order valence-corrected chi connectivity index (χ2v) is 5.73. The fourth-order valence-corrected chi connectivity index (χ4v) is 2.83. The molecule has 2 N–H and O–H groups in total. The van der Waals surface area contributed by atoms with Crippen LogP contribution < -0.4 is 10.1 Å². The summed E-state index contributed by atoms with van der Waals surface area (Å²) in [4.78, 5) is 24.3. The van der Waals surface area contributed by atoms with Gasteiger partial charge < -0.3 is 20.1 Å². The molecule has 2 rings (SSSR count). The molecule has 6 heteroatoms. The van der Waals surface area contributed by atoms with Crippen molar-refractivity contribution in [1.82, 2.24) is 10.2 Å². The molecule has 1 fully saturated rings. The van der Waals surface area contributed by atoms with Crippen LogP contribution in [0.3, 0.4) is 0 Å². The monoisotopic (exact) mass is 320 g/mol. The molecule has 126 valence electrons. The number of hydrogen-bond acceptors (Lipinski definition) is 3. The van der Waals surface area contributed by atoms with Gasteiger partial charge in [0.25, 0.3) is 0 Å². The lowest BCUT2D eigenvalue weighted by Crippen LogP contribution is -2.30. The van der Waals surface area contributed by atoms with Crippen LogP contribution in [0.1, 0.15) is 43.7 Å². The van der Waals surface area contributed by atoms with Crippen LogP contribution in [0.4, 0.5) is 4.79 Å². The number of carboxylic acid groups (broad SMARTS) is 1. The van der Waals surface area contributed by atoms with Crippen molar-refractivity contribution in [2.45, 2.75) is 38.1 Å². The summed E-state index contributed by atoms with van der Waals surface area (Å²) in [5.74, 6) is 0.0551. The molecular formula is C17H24N2O4. The van der Waals surface area contributed by atoms with E-state index in [2.05, 4.69) is 5.32 Å². The summed E-state index contributed by atoms with van der Waals surface area (Å²) in [5, 5.41) is 11.5. The normalized spacial score (nSPS) is 17.2. The summed E-state index contributed by atoms with van der Waals surface area (Å²) in [6, 6.07) is 7.81. The first-order valence-electron chi connectivity index (χ1n) is 8.02. The van der Waals surface area contributed by atoms with Crippen LogP contribution in [-0.2, 0) is 4.79 Å². The zero-order valence-corrected chi connectivity index (χ0v) is 13.5. The number of urea groups is 1. The van der Waals surface area contributed by atoms with Crippen molar-refractivity contribution in [2.24, 2.45) is 0 Å². The van der Waals surface area contributed by atoms with E-state index in [0.29, 0.717) is 19.5 Å². The van der Waals surface area contributed by atoms with Crippen LogP contribution in [-0.4, -0.2) is 42.2 Å². The molecule has 0 aliphatic carbocycles. The van der Waals surface area contributed by atoms with E-state index in [1.807, 2.05) is 29.2 Å². The minimum atomic E-state index is -0.747. The highest BCUT2D eigenvalue weighted by Crippen LogP contribution is 2.26. The van der Waals surface area contributed by atoms with Gasteiger partial charge in [0.15, 0.2) is 0 Å². The third-order valence-corrected chi connectivity index (χ3v) is 4.12. The largest absolute Gasteiger partial charge is 0.497 e. The molecule has 23 heavy (non-hydrogen) atoms. The lowest BCUT2D eigenvalue weighted by atomic mass is 10.1. The molecule has 6 nitrogen and oxygen atoms in total. The summed E-state index contributed by atoms with van der Waals surface area (Å²) < 4.78 is 5.16. The van der Waals surface area contributed by atoms with E-state index in [0.717, 1.165) is 30.6 Å². The van der Waals surface area contributed by atoms with Crippen LogP contribution >= 0.6 is 0 Å². The molecule has 1 unspecified atom stereocenters. The molecule has 1 aromatic rings. The van der Waals surface area contributed by atoms with Gasteiger partial charge in [0.1, 0.15) is 5.75 Å². The van der Waals surface area contributed by atoms with Gasteiger partial charge in [-0.25, -0.2) is 4.79 Å². The molecule has 0 spiro atoms. The van der Waals surface area contributed by atoms with Gasteiger partial charge >= 0.3 is 12.0 Å². The number of amides is 2. The number of benzene rings is 1. The molecule has 2 amide bonds. The Morgan fingerprint density at radius 2 is 1.96 bits per heavy atom. The predicted octanol–water partition coefficient (Wildman–Crippen LogP) is 2.80. The number of carbonyl (C=O) groups is 2. The number of carboxylic acids is 1. The molecule has 0 saturated carbocycles. The Labute approximate surface area is 136 Å². The van der Waals surface area contributed by atoms with Crippen molar-refractivity contribution in [1.29, 1.82) is 0 Å². The maximum absolute atomic E-state index is 12.0. The molecule has 0 radical (unpaired) electrons. The number of carbonyl (C=O) groups excluding carboxylic acids is 1. The van der Waals surface area contributed by atoms with Crippen molar-refractivity contribution in [3.8, 4) is 5.75 Å². The third-order valence-electron chi connectivity index (χ3n) is 4.12. The molecule has 1 heterocycles. The second-order valence-electron chi connectivity index (χ2n) is 5.73. The van der Waals surface area contributed by atoms with E-state index in [9.17, 15) is 9.59 Å². The SMILES string of the molecule is COc1ccc(C2CNC(=O)N2CCCCCCC(=O)O)cc1. The molecule has 1 aliphatic heterocycles. The lowest BCUT2D eigenvalue weighted by Gasteiger charge is -2.23. The average Bonchev–Trinajstić information content (AvgIpc) is 2.91. The number of nitrogens with one attached hydrogen (secondary N) is 1. The van der Waals surface area contributed by atoms with Gasteiger partial charge in [0.05, 0.1) is 13.2 Å². The predicted molar refractivity (Wildman–Crippen MR) is 86.6 cm³/mol. The molecular weight excluding hydrogens is 296 g/mol. The molecule has 0 bridgehead atoms. The summed E-state index contributed by atoms with van der Waals surface area (Å²) in [5.41, 5.74) is 1.09. The summed E-state index contributed by atoms with van der Waals surface area (Å²) >= 11 is 0. The van der Waals surface area contributed by atoms with Crippen LogP contribution in [0.15, 0.2) is 24.3 Å². The molecule has 0 aromatic heterocycles. The highest BCUT2D eigenvalue weighted by Gasteiger charge is 2.31. The topological polar surface area (TPSA) is 78.9 Å². The van der Waals surface area contributed by atoms with Crippen molar-refractivity contribution < 1.29 is 19.4 Å². The number of hydrogen-bond donors (Lipinski definition) is 2. The van der Waals surface area contributed by atoms with Gasteiger partial charge in [0, 0.05) is 19.5 Å². The Morgan fingerprint density at radius 1 is 1.26 bits per heavy atom. The first-order chi connectivity index (χ1) is 11.1. The van der Waals surface area contributed by atoms with E-state index >= 15 is 0 Å². The van der Waals surface area contributed by atoms with Gasteiger partial charge in [-0.1, -0.05) is 25.0 Å². The van der Waals surface area contributed by atoms with Crippen LogP contribution in [0.5, 0.6) is 5.75 Å². The standard InChI is InChI=1S/C17H24N2O4/c1-23-14-9-7-13(8-10-14)15-12-18-17(22)19(15)11-5-3-2-4-6-16(20)21/h7-10,15H,2-6,11-12H2,1H3,(H,18,22)(H,20,21). The molecule has 1 aliphatic rings. The minimum Gasteiger partial charge on any atom is -0.497 e. The Kier molecular flexibility index (Phi) is 6.26. The van der Waals surface area contributed by atoms with Crippen molar-refractivity contribution in [3.63, 3.8) is 0 Å². The fourth-order valence-electron chi connectivity index (χ4n) is 2.83. The molecule has 1 atom stereocenters. The fraction of sp³-hybridized carbons (Fsp3) is 0.529. The van der Waals surface area contributed by atoms with Crippen molar-refractivity contribution in [2.75, 3.05) is 20.2 Å². The van der Waals surface area contributed by atoms with E-state index < -0.39 is 5.97 Å². The number of nitrogens with zero attached hydrogens (tertiary/aromatic N) is 1. The number of ether oxygens (including phenoxy) is 1. The summed E-state index contributed by atoms with van der Waals surface area (Å²) in [6.07, 6.45) is 3.63. The molecule has 1 aromatic carbocycles. The number of unbranched alkanes of at least 4 members (excludes halogenated alkanes) is 3. The van der Waals surface area contributed by atoms with Gasteiger partial charge in [-0.2, -0.15) is 0 Å². The Bertz CT molecular complexity index is 530. The van der Waals surface area contributed by atoms with E-state index in [4.69, 9.17) is 9.84 Å². The van der Waals surface area contributed by atoms with Crippen LogP contribution in [0, 0.1) is 0 Å². The highest BCUT2D eigenvalue weighted by atomic mass is 16.5. The minimum absolute atomic E-state index is 0.0312. The Morgan fingerprint density at radius 3 is 2.61 bits per heavy atom. The number of methoxy groups -OCH3 is 1. The third kappa shape index (κ3) is 4.87. The summed E-state index contributed by atoms with van der Waals surface area (Å²) in [7, 11) is 1.63. The van der Waals surface area contributed by atoms with E-state index in [1.54, 1.807) is 7.11 Å².